The Hall–Kier alpha value is -0.630. The van der Waals surface area contributed by atoms with Gasteiger partial charge in [0.25, 0.3) is 0 Å². The Morgan fingerprint density at radius 1 is 1.55 bits per heavy atom. The number of rotatable bonds is 1. The van der Waals surface area contributed by atoms with Crippen LogP contribution in [0.15, 0.2) is 12.2 Å². The molecule has 3 atom stereocenters. The first-order valence-electron chi connectivity index (χ1n) is 4.20. The molecule has 2 saturated heterocycles. The standard InChI is InChI=1S/C9H13NO/c1-6-4-7-2-3-8(6)10-9(7)5-11/h5,7-10H,1-4H2/t7-,8+,9-/m1/s1. The van der Waals surface area contributed by atoms with Crippen molar-refractivity contribution in [1.82, 2.24) is 5.32 Å². The van der Waals surface area contributed by atoms with Gasteiger partial charge in [-0.25, -0.2) is 0 Å². The molecule has 1 aliphatic carbocycles. The van der Waals surface area contributed by atoms with Gasteiger partial charge < -0.3 is 10.1 Å². The molecule has 0 aromatic carbocycles. The molecular formula is C9H13NO. The van der Waals surface area contributed by atoms with E-state index in [9.17, 15) is 4.79 Å². The molecule has 2 bridgehead atoms. The van der Waals surface area contributed by atoms with Crippen LogP contribution in [0.2, 0.25) is 0 Å². The lowest BCUT2D eigenvalue weighted by Crippen LogP contribution is -2.53. The minimum Gasteiger partial charge on any atom is -0.302 e. The molecule has 1 N–H and O–H groups in total. The maximum atomic E-state index is 10.6. The molecule has 0 aromatic rings. The first-order valence-corrected chi connectivity index (χ1v) is 4.20. The largest absolute Gasteiger partial charge is 0.302 e. The lowest BCUT2D eigenvalue weighted by molar-refractivity contribution is -0.111. The Kier molecular flexibility index (Phi) is 1.57. The molecule has 0 aromatic heterocycles. The predicted molar refractivity (Wildman–Crippen MR) is 43.3 cm³/mol. The van der Waals surface area contributed by atoms with Crippen molar-refractivity contribution in [2.75, 3.05) is 0 Å². The number of piperidine rings is 2. The molecule has 11 heavy (non-hydrogen) atoms. The smallest absolute Gasteiger partial charge is 0.137 e. The number of nitrogens with one attached hydrogen (secondary N) is 1. The van der Waals surface area contributed by atoms with Gasteiger partial charge in [0.05, 0.1) is 6.04 Å². The van der Waals surface area contributed by atoms with Gasteiger partial charge in [-0.2, -0.15) is 0 Å². The van der Waals surface area contributed by atoms with Crippen LogP contribution in [0, 0.1) is 5.92 Å². The zero-order valence-corrected chi connectivity index (χ0v) is 6.55. The zero-order valence-electron chi connectivity index (χ0n) is 6.55. The lowest BCUT2D eigenvalue weighted by atomic mass is 9.74. The van der Waals surface area contributed by atoms with E-state index >= 15 is 0 Å². The quantitative estimate of drug-likeness (QED) is 0.445. The molecule has 2 aliphatic heterocycles. The zero-order chi connectivity index (χ0) is 7.84. The highest BCUT2D eigenvalue weighted by molar-refractivity contribution is 5.59. The highest BCUT2D eigenvalue weighted by Gasteiger charge is 2.36. The molecule has 0 radical (unpaired) electrons. The van der Waals surface area contributed by atoms with Crippen LogP contribution in [-0.4, -0.2) is 18.4 Å². The van der Waals surface area contributed by atoms with E-state index in [1.54, 1.807) is 0 Å². The average Bonchev–Trinajstić information content (AvgIpc) is 2.05. The number of hydrogen-bond donors (Lipinski definition) is 1. The molecule has 3 aliphatic rings. The van der Waals surface area contributed by atoms with Crippen LogP contribution in [0.3, 0.4) is 0 Å². The van der Waals surface area contributed by atoms with Crippen molar-refractivity contribution >= 4 is 6.29 Å². The first kappa shape index (κ1) is 7.04. The first-order chi connectivity index (χ1) is 5.31. The van der Waals surface area contributed by atoms with Crippen molar-refractivity contribution in [3.63, 3.8) is 0 Å². The number of fused-ring (bicyclic) bond motifs is 3. The molecule has 2 heterocycles. The number of carbonyl (C=O) groups excluding carboxylic acids is 1. The third kappa shape index (κ3) is 1.02. The summed E-state index contributed by atoms with van der Waals surface area (Å²) in [7, 11) is 0. The summed E-state index contributed by atoms with van der Waals surface area (Å²) in [6, 6.07) is 0.537. The van der Waals surface area contributed by atoms with E-state index in [4.69, 9.17) is 0 Å². The van der Waals surface area contributed by atoms with Crippen molar-refractivity contribution in [2.24, 2.45) is 5.92 Å². The molecule has 0 amide bonds. The van der Waals surface area contributed by atoms with Crippen molar-refractivity contribution in [1.29, 1.82) is 0 Å². The summed E-state index contributed by atoms with van der Waals surface area (Å²) in [5, 5.41) is 3.28. The van der Waals surface area contributed by atoms with Gasteiger partial charge in [-0.15, -0.1) is 0 Å². The van der Waals surface area contributed by atoms with Crippen LogP contribution in [0.1, 0.15) is 19.3 Å². The number of hydrogen-bond acceptors (Lipinski definition) is 2. The SMILES string of the molecule is C=C1C[C@H]2CC[C@@H]1N[C@@H]2C=O. The lowest BCUT2D eigenvalue weighted by Gasteiger charge is -2.42. The summed E-state index contributed by atoms with van der Waals surface area (Å²) in [6.45, 7) is 3.99. The Morgan fingerprint density at radius 2 is 2.36 bits per heavy atom. The Labute approximate surface area is 66.7 Å². The fourth-order valence-electron chi connectivity index (χ4n) is 2.19. The van der Waals surface area contributed by atoms with E-state index < -0.39 is 0 Å². The molecule has 0 unspecified atom stereocenters. The van der Waals surface area contributed by atoms with Crippen molar-refractivity contribution in [3.8, 4) is 0 Å². The van der Waals surface area contributed by atoms with Crippen molar-refractivity contribution in [2.45, 2.75) is 31.3 Å². The van der Waals surface area contributed by atoms with E-state index in [0.717, 1.165) is 12.7 Å². The summed E-state index contributed by atoms with van der Waals surface area (Å²) in [6.07, 6.45) is 4.47. The van der Waals surface area contributed by atoms with Gasteiger partial charge in [-0.05, 0) is 25.2 Å². The summed E-state index contributed by atoms with van der Waals surface area (Å²) >= 11 is 0. The highest BCUT2D eigenvalue weighted by Crippen LogP contribution is 2.34. The molecule has 3 rings (SSSR count). The molecular weight excluding hydrogens is 138 g/mol. The molecule has 2 nitrogen and oxygen atoms in total. The monoisotopic (exact) mass is 151 g/mol. The Balaban J connectivity index is 2.15. The predicted octanol–water partition coefficient (Wildman–Crippen LogP) is 0.882. The molecule has 3 fully saturated rings. The summed E-state index contributed by atoms with van der Waals surface area (Å²) in [4.78, 5) is 10.6. The molecule has 60 valence electrons. The van der Waals surface area contributed by atoms with Crippen LogP contribution in [0.25, 0.3) is 0 Å². The minimum atomic E-state index is 0.110. The van der Waals surface area contributed by atoms with Gasteiger partial charge in [0.15, 0.2) is 0 Å². The number of aldehydes is 1. The van der Waals surface area contributed by atoms with E-state index in [0.29, 0.717) is 12.0 Å². The average molecular weight is 151 g/mol. The van der Waals surface area contributed by atoms with Crippen molar-refractivity contribution < 1.29 is 4.79 Å². The molecule has 1 saturated carbocycles. The second-order valence-corrected chi connectivity index (χ2v) is 3.58. The summed E-state index contributed by atoms with van der Waals surface area (Å²) in [5.41, 5.74) is 1.29. The van der Waals surface area contributed by atoms with E-state index in [2.05, 4.69) is 11.9 Å². The van der Waals surface area contributed by atoms with E-state index in [1.165, 1.54) is 18.4 Å². The number of carbonyl (C=O) groups is 1. The normalized spacial score (nSPS) is 42.5. The molecule has 2 heteroatoms. The maximum Gasteiger partial charge on any atom is 0.137 e. The minimum absolute atomic E-state index is 0.110. The van der Waals surface area contributed by atoms with Gasteiger partial charge in [0, 0.05) is 6.04 Å². The molecule has 0 spiro atoms. The van der Waals surface area contributed by atoms with Gasteiger partial charge in [-0.3, -0.25) is 0 Å². The highest BCUT2D eigenvalue weighted by atomic mass is 16.1. The third-order valence-corrected chi connectivity index (χ3v) is 2.89. The van der Waals surface area contributed by atoms with E-state index in [1.807, 2.05) is 0 Å². The van der Waals surface area contributed by atoms with Crippen LogP contribution < -0.4 is 5.32 Å². The van der Waals surface area contributed by atoms with Crippen LogP contribution in [-0.2, 0) is 4.79 Å². The van der Waals surface area contributed by atoms with Crippen molar-refractivity contribution in [3.05, 3.63) is 12.2 Å². The fraction of sp³-hybridized carbons (Fsp3) is 0.667. The van der Waals surface area contributed by atoms with E-state index in [-0.39, 0.29) is 6.04 Å². The second kappa shape index (κ2) is 2.45. The van der Waals surface area contributed by atoms with Crippen LogP contribution in [0.5, 0.6) is 0 Å². The Morgan fingerprint density at radius 3 is 2.82 bits per heavy atom. The topological polar surface area (TPSA) is 29.1 Å². The van der Waals surface area contributed by atoms with Gasteiger partial charge >= 0.3 is 0 Å². The van der Waals surface area contributed by atoms with Gasteiger partial charge in [0.1, 0.15) is 6.29 Å². The summed E-state index contributed by atoms with van der Waals surface area (Å²) < 4.78 is 0. The maximum absolute atomic E-state index is 10.6. The second-order valence-electron chi connectivity index (χ2n) is 3.58. The summed E-state index contributed by atoms with van der Waals surface area (Å²) in [5.74, 6) is 0.532. The Bertz CT molecular complexity index is 200. The third-order valence-electron chi connectivity index (χ3n) is 2.89. The fourth-order valence-corrected chi connectivity index (χ4v) is 2.19. The van der Waals surface area contributed by atoms with Gasteiger partial charge in [-0.1, -0.05) is 12.2 Å². The van der Waals surface area contributed by atoms with Crippen LogP contribution >= 0.6 is 0 Å². The van der Waals surface area contributed by atoms with Crippen LogP contribution in [0.4, 0.5) is 0 Å². The van der Waals surface area contributed by atoms with Gasteiger partial charge in [0.2, 0.25) is 0 Å².